The molecule has 1 aliphatic rings. The third kappa shape index (κ3) is 6.51. The van der Waals surface area contributed by atoms with Gasteiger partial charge in [-0.05, 0) is 71.3 Å². The molecule has 0 saturated carbocycles. The molecule has 3 aromatic rings. The maximum Gasteiger partial charge on any atom is 0.269 e. The van der Waals surface area contributed by atoms with Crippen molar-refractivity contribution in [3.05, 3.63) is 104 Å². The van der Waals surface area contributed by atoms with Crippen LogP contribution in [0.3, 0.4) is 0 Å². The summed E-state index contributed by atoms with van der Waals surface area (Å²) in [5.41, 5.74) is 2.43. The molecule has 1 aliphatic heterocycles. The van der Waals surface area contributed by atoms with E-state index in [1.54, 1.807) is 53.7 Å². The molecule has 2 heterocycles. The normalized spacial score (nSPS) is 14.9. The van der Waals surface area contributed by atoms with E-state index < -0.39 is 4.92 Å². The Balaban J connectivity index is 1.53. The predicted molar refractivity (Wildman–Crippen MR) is 143 cm³/mol. The molecule has 4 rings (SSSR count). The Hall–Kier alpha value is -3.89. The molecule has 10 heteroatoms. The molecular formula is C28H28FN3O5S. The molecule has 0 spiro atoms. The highest BCUT2D eigenvalue weighted by atomic mass is 32.1. The smallest absolute Gasteiger partial charge is 0.269 e. The number of fused-ring (bicyclic) bond motifs is 1. The van der Waals surface area contributed by atoms with Gasteiger partial charge in [-0.3, -0.25) is 19.7 Å². The number of thiophene rings is 1. The third-order valence-electron chi connectivity index (χ3n) is 6.41. The van der Waals surface area contributed by atoms with E-state index in [0.29, 0.717) is 38.1 Å². The molecule has 1 atom stereocenters. The molecule has 38 heavy (non-hydrogen) atoms. The lowest BCUT2D eigenvalue weighted by molar-refractivity contribution is -0.384. The third-order valence-corrected chi connectivity index (χ3v) is 7.41. The van der Waals surface area contributed by atoms with Gasteiger partial charge in [-0.1, -0.05) is 12.1 Å². The minimum absolute atomic E-state index is 0.0358. The van der Waals surface area contributed by atoms with Crippen LogP contribution in [0.25, 0.3) is 6.08 Å². The van der Waals surface area contributed by atoms with Crippen molar-refractivity contribution in [3.8, 4) is 0 Å². The molecule has 0 aliphatic carbocycles. The van der Waals surface area contributed by atoms with Crippen molar-refractivity contribution < 1.29 is 23.6 Å². The van der Waals surface area contributed by atoms with E-state index >= 15 is 0 Å². The van der Waals surface area contributed by atoms with Crippen molar-refractivity contribution in [2.75, 3.05) is 33.4 Å². The van der Waals surface area contributed by atoms with Crippen LogP contribution >= 0.6 is 11.3 Å². The van der Waals surface area contributed by atoms with Crippen molar-refractivity contribution in [3.63, 3.8) is 0 Å². The summed E-state index contributed by atoms with van der Waals surface area (Å²) in [7, 11) is 1.57. The molecule has 8 nitrogen and oxygen atoms in total. The minimum Gasteiger partial charge on any atom is -0.385 e. The number of nitrogens with zero attached hydrogens (tertiary/aromatic N) is 3. The molecule has 1 unspecified atom stereocenters. The molecule has 198 valence electrons. The Morgan fingerprint density at radius 3 is 2.61 bits per heavy atom. The summed E-state index contributed by atoms with van der Waals surface area (Å²) in [5.74, 6) is -0.896. The van der Waals surface area contributed by atoms with Crippen LogP contribution in [0.5, 0.6) is 0 Å². The number of hydrogen-bond donors (Lipinski definition) is 0. The fraction of sp³-hybridized carbons (Fsp3) is 0.286. The highest BCUT2D eigenvalue weighted by molar-refractivity contribution is 7.10. The largest absolute Gasteiger partial charge is 0.385 e. The quantitative estimate of drug-likeness (QED) is 0.160. The van der Waals surface area contributed by atoms with Gasteiger partial charge in [-0.15, -0.1) is 11.3 Å². The second-order valence-electron chi connectivity index (χ2n) is 8.88. The van der Waals surface area contributed by atoms with Gasteiger partial charge in [0.25, 0.3) is 5.69 Å². The maximum absolute atomic E-state index is 13.6. The van der Waals surface area contributed by atoms with E-state index in [4.69, 9.17) is 4.74 Å². The second-order valence-corrected chi connectivity index (χ2v) is 9.88. The zero-order valence-corrected chi connectivity index (χ0v) is 21.7. The van der Waals surface area contributed by atoms with Gasteiger partial charge in [0.05, 0.1) is 11.0 Å². The molecule has 0 bridgehead atoms. The molecule has 0 radical (unpaired) electrons. The average Bonchev–Trinajstić information content (AvgIpc) is 3.40. The van der Waals surface area contributed by atoms with Gasteiger partial charge in [0.2, 0.25) is 11.8 Å². The number of nitro groups is 1. The van der Waals surface area contributed by atoms with E-state index in [2.05, 4.69) is 0 Å². The topological polar surface area (TPSA) is 93.0 Å². The fourth-order valence-corrected chi connectivity index (χ4v) is 5.39. The van der Waals surface area contributed by atoms with Crippen molar-refractivity contribution in [1.29, 1.82) is 0 Å². The zero-order chi connectivity index (χ0) is 27.1. The Morgan fingerprint density at radius 2 is 1.92 bits per heavy atom. The number of carbonyl (C=O) groups excluding carboxylic acids is 2. The second kappa shape index (κ2) is 12.6. The summed E-state index contributed by atoms with van der Waals surface area (Å²) in [6.45, 7) is 1.13. The molecular weight excluding hydrogens is 509 g/mol. The fourth-order valence-electron chi connectivity index (χ4n) is 4.49. The summed E-state index contributed by atoms with van der Waals surface area (Å²) in [5, 5.41) is 12.9. The van der Waals surface area contributed by atoms with Crippen LogP contribution in [0.15, 0.2) is 66.1 Å². The van der Waals surface area contributed by atoms with Crippen LogP contribution in [0, 0.1) is 15.9 Å². The highest BCUT2D eigenvalue weighted by Crippen LogP contribution is 2.38. The Morgan fingerprint density at radius 1 is 1.18 bits per heavy atom. The van der Waals surface area contributed by atoms with Crippen LogP contribution < -0.4 is 0 Å². The molecule has 2 amide bonds. The number of benzene rings is 2. The predicted octanol–water partition coefficient (Wildman–Crippen LogP) is 4.85. The van der Waals surface area contributed by atoms with Gasteiger partial charge in [0.1, 0.15) is 12.4 Å². The first-order valence-corrected chi connectivity index (χ1v) is 13.1. The summed E-state index contributed by atoms with van der Waals surface area (Å²) >= 11 is 1.64. The molecule has 0 fully saturated rings. The lowest BCUT2D eigenvalue weighted by Gasteiger charge is -2.37. The van der Waals surface area contributed by atoms with Crippen LogP contribution in [0.2, 0.25) is 0 Å². The number of rotatable bonds is 10. The van der Waals surface area contributed by atoms with E-state index in [1.165, 1.54) is 40.1 Å². The molecule has 2 aromatic carbocycles. The van der Waals surface area contributed by atoms with E-state index in [9.17, 15) is 24.1 Å². The number of carbonyl (C=O) groups is 2. The van der Waals surface area contributed by atoms with Crippen LogP contribution in [-0.4, -0.2) is 59.9 Å². The lowest BCUT2D eigenvalue weighted by Crippen LogP contribution is -2.46. The van der Waals surface area contributed by atoms with Gasteiger partial charge in [-0.25, -0.2) is 4.39 Å². The Bertz CT molecular complexity index is 1310. The number of nitro benzene ring substituents is 1. The number of amides is 2. The standard InChI is InChI=1S/C28H28FN3O5S/c1-37-17-2-15-30(26(33)12-5-20-3-10-23(11-4-20)32(35)36)19-27(34)31-16-13-25-24(14-18-38-25)28(31)21-6-8-22(29)9-7-21/h3-12,14,18,28H,2,13,15-17,19H2,1H3. The van der Waals surface area contributed by atoms with Crippen LogP contribution in [0.4, 0.5) is 10.1 Å². The Labute approximate surface area is 224 Å². The van der Waals surface area contributed by atoms with E-state index in [-0.39, 0.29) is 35.9 Å². The summed E-state index contributed by atoms with van der Waals surface area (Å²) < 4.78 is 18.8. The van der Waals surface area contributed by atoms with Crippen LogP contribution in [-0.2, 0) is 20.7 Å². The van der Waals surface area contributed by atoms with Gasteiger partial charge in [0.15, 0.2) is 0 Å². The van der Waals surface area contributed by atoms with Crippen molar-refractivity contribution in [1.82, 2.24) is 9.80 Å². The number of methoxy groups -OCH3 is 1. The first kappa shape index (κ1) is 27.2. The van der Waals surface area contributed by atoms with Gasteiger partial charge in [0, 0.05) is 49.9 Å². The SMILES string of the molecule is COCCCN(CC(=O)N1CCc2sccc2C1c1ccc(F)cc1)C(=O)C=Cc1ccc([N+](=O)[O-])cc1. The van der Waals surface area contributed by atoms with Crippen molar-refractivity contribution in [2.24, 2.45) is 0 Å². The maximum atomic E-state index is 13.6. The number of halogens is 1. The van der Waals surface area contributed by atoms with Gasteiger partial charge >= 0.3 is 0 Å². The summed E-state index contributed by atoms with van der Waals surface area (Å²) in [6.07, 6.45) is 4.21. The first-order valence-electron chi connectivity index (χ1n) is 12.2. The van der Waals surface area contributed by atoms with Gasteiger partial charge in [-0.2, -0.15) is 0 Å². The number of non-ortho nitro benzene ring substituents is 1. The molecule has 0 N–H and O–H groups in total. The van der Waals surface area contributed by atoms with E-state index in [0.717, 1.165) is 11.1 Å². The zero-order valence-electron chi connectivity index (χ0n) is 20.9. The average molecular weight is 538 g/mol. The van der Waals surface area contributed by atoms with Crippen molar-refractivity contribution in [2.45, 2.75) is 18.9 Å². The van der Waals surface area contributed by atoms with Crippen molar-refractivity contribution >= 4 is 34.9 Å². The number of ether oxygens (including phenoxy) is 1. The van der Waals surface area contributed by atoms with Crippen LogP contribution in [0.1, 0.15) is 34.0 Å². The lowest BCUT2D eigenvalue weighted by atomic mass is 9.93. The molecule has 0 saturated heterocycles. The highest BCUT2D eigenvalue weighted by Gasteiger charge is 2.33. The monoisotopic (exact) mass is 537 g/mol. The first-order chi connectivity index (χ1) is 18.4. The minimum atomic E-state index is -0.485. The van der Waals surface area contributed by atoms with E-state index in [1.807, 2.05) is 11.4 Å². The summed E-state index contributed by atoms with van der Waals surface area (Å²) in [6, 6.07) is 13.7. The number of hydrogen-bond acceptors (Lipinski definition) is 6. The van der Waals surface area contributed by atoms with Gasteiger partial charge < -0.3 is 14.5 Å². The Kier molecular flexibility index (Phi) is 8.98. The molecule has 1 aromatic heterocycles. The summed E-state index contributed by atoms with van der Waals surface area (Å²) in [4.78, 5) is 41.6.